The van der Waals surface area contributed by atoms with E-state index in [2.05, 4.69) is 5.32 Å². The van der Waals surface area contributed by atoms with Gasteiger partial charge in [0.25, 0.3) is 5.91 Å². The number of nitrogens with one attached hydrogen (secondary N) is 1. The van der Waals surface area contributed by atoms with E-state index in [0.717, 1.165) is 5.56 Å². The van der Waals surface area contributed by atoms with Crippen LogP contribution in [-0.4, -0.2) is 36.9 Å². The maximum absolute atomic E-state index is 12.4. The molecule has 0 aliphatic carbocycles. The Balaban J connectivity index is 2.01. The standard InChI is InChI=1S/C19H22ClN3O3/c1-3-23(12-13-7-5-4-6-8-13)18(24)11-22-19(25)14-9-15(20)16(21)10-17(14)26-2/h4-10H,3,11-12,21H2,1-2H3,(H,22,25). The number of nitrogen functional groups attached to an aromatic ring is 1. The summed E-state index contributed by atoms with van der Waals surface area (Å²) in [6.07, 6.45) is 0. The van der Waals surface area contributed by atoms with Crippen molar-refractivity contribution in [3.63, 3.8) is 0 Å². The number of halogens is 1. The number of benzene rings is 2. The second-order valence-electron chi connectivity index (χ2n) is 5.65. The number of hydrogen-bond acceptors (Lipinski definition) is 4. The molecule has 0 aliphatic rings. The molecule has 0 spiro atoms. The second kappa shape index (κ2) is 9.10. The van der Waals surface area contributed by atoms with Gasteiger partial charge in [0.15, 0.2) is 0 Å². The molecule has 2 rings (SSSR count). The summed E-state index contributed by atoms with van der Waals surface area (Å²) >= 11 is 5.98. The average Bonchev–Trinajstić information content (AvgIpc) is 2.66. The van der Waals surface area contributed by atoms with Crippen LogP contribution in [0, 0.1) is 0 Å². The lowest BCUT2D eigenvalue weighted by atomic mass is 10.1. The number of carbonyl (C=O) groups excluding carboxylic acids is 2. The Kier molecular flexibility index (Phi) is 6.86. The van der Waals surface area contributed by atoms with Gasteiger partial charge in [-0.3, -0.25) is 9.59 Å². The van der Waals surface area contributed by atoms with Gasteiger partial charge in [0.1, 0.15) is 5.75 Å². The molecule has 138 valence electrons. The lowest BCUT2D eigenvalue weighted by Crippen LogP contribution is -2.39. The van der Waals surface area contributed by atoms with Crippen LogP contribution in [0.2, 0.25) is 5.02 Å². The van der Waals surface area contributed by atoms with E-state index < -0.39 is 5.91 Å². The maximum atomic E-state index is 12.4. The molecule has 2 aromatic rings. The molecule has 2 amide bonds. The van der Waals surface area contributed by atoms with Crippen molar-refractivity contribution in [1.29, 1.82) is 0 Å². The fourth-order valence-electron chi connectivity index (χ4n) is 2.46. The molecule has 0 heterocycles. The second-order valence-corrected chi connectivity index (χ2v) is 6.06. The third kappa shape index (κ3) is 4.89. The van der Waals surface area contributed by atoms with Gasteiger partial charge in [0, 0.05) is 19.2 Å². The molecular formula is C19H22ClN3O3. The number of carbonyl (C=O) groups is 2. The van der Waals surface area contributed by atoms with Gasteiger partial charge in [-0.05, 0) is 18.6 Å². The minimum atomic E-state index is -0.451. The van der Waals surface area contributed by atoms with Crippen molar-refractivity contribution in [3.8, 4) is 5.75 Å². The summed E-state index contributed by atoms with van der Waals surface area (Å²) in [5, 5.41) is 2.86. The summed E-state index contributed by atoms with van der Waals surface area (Å²) in [7, 11) is 1.43. The summed E-state index contributed by atoms with van der Waals surface area (Å²) in [6, 6.07) is 12.6. The SMILES string of the molecule is CCN(Cc1ccccc1)C(=O)CNC(=O)c1cc(Cl)c(N)cc1OC. The number of rotatable bonds is 7. The minimum Gasteiger partial charge on any atom is -0.496 e. The highest BCUT2D eigenvalue weighted by Crippen LogP contribution is 2.28. The van der Waals surface area contributed by atoms with Crippen molar-refractivity contribution < 1.29 is 14.3 Å². The fourth-order valence-corrected chi connectivity index (χ4v) is 2.62. The molecule has 0 saturated carbocycles. The van der Waals surface area contributed by atoms with Crippen LogP contribution in [-0.2, 0) is 11.3 Å². The van der Waals surface area contributed by atoms with E-state index in [1.165, 1.54) is 19.2 Å². The molecule has 0 bridgehead atoms. The smallest absolute Gasteiger partial charge is 0.255 e. The topological polar surface area (TPSA) is 84.7 Å². The molecule has 0 radical (unpaired) electrons. The molecule has 7 heteroatoms. The van der Waals surface area contributed by atoms with Gasteiger partial charge in [-0.2, -0.15) is 0 Å². The molecule has 0 aromatic heterocycles. The van der Waals surface area contributed by atoms with Crippen molar-refractivity contribution in [2.75, 3.05) is 25.9 Å². The molecular weight excluding hydrogens is 354 g/mol. The third-order valence-electron chi connectivity index (χ3n) is 3.91. The molecule has 3 N–H and O–H groups in total. The molecule has 0 saturated heterocycles. The Hall–Kier alpha value is -2.73. The van der Waals surface area contributed by atoms with Gasteiger partial charge in [-0.15, -0.1) is 0 Å². The van der Waals surface area contributed by atoms with E-state index in [0.29, 0.717) is 24.5 Å². The minimum absolute atomic E-state index is 0.120. The summed E-state index contributed by atoms with van der Waals surface area (Å²) in [4.78, 5) is 26.5. The first-order valence-corrected chi connectivity index (χ1v) is 8.57. The van der Waals surface area contributed by atoms with E-state index in [1.807, 2.05) is 37.3 Å². The van der Waals surface area contributed by atoms with Gasteiger partial charge in [-0.25, -0.2) is 0 Å². The van der Waals surface area contributed by atoms with E-state index in [4.69, 9.17) is 22.1 Å². The zero-order valence-electron chi connectivity index (χ0n) is 14.8. The van der Waals surface area contributed by atoms with Crippen molar-refractivity contribution in [1.82, 2.24) is 10.2 Å². The maximum Gasteiger partial charge on any atom is 0.255 e. The molecule has 0 fully saturated rings. The molecule has 0 atom stereocenters. The largest absolute Gasteiger partial charge is 0.496 e. The number of ether oxygens (including phenoxy) is 1. The number of anilines is 1. The number of hydrogen-bond donors (Lipinski definition) is 2. The third-order valence-corrected chi connectivity index (χ3v) is 4.24. The first-order valence-electron chi connectivity index (χ1n) is 8.19. The van der Waals surface area contributed by atoms with Crippen LogP contribution in [0.1, 0.15) is 22.8 Å². The Labute approximate surface area is 157 Å². The highest BCUT2D eigenvalue weighted by Gasteiger charge is 2.18. The first kappa shape index (κ1) is 19.6. The first-order chi connectivity index (χ1) is 12.5. The Morgan fingerprint density at radius 2 is 1.92 bits per heavy atom. The fraction of sp³-hybridized carbons (Fsp3) is 0.263. The highest BCUT2D eigenvalue weighted by molar-refractivity contribution is 6.33. The van der Waals surface area contributed by atoms with Gasteiger partial charge in [0.2, 0.25) is 5.91 Å². The number of nitrogens with two attached hydrogens (primary N) is 1. The lowest BCUT2D eigenvalue weighted by molar-refractivity contribution is -0.130. The molecule has 0 unspecified atom stereocenters. The Morgan fingerprint density at radius 1 is 1.23 bits per heavy atom. The number of amides is 2. The summed E-state index contributed by atoms with van der Waals surface area (Å²) < 4.78 is 5.16. The van der Waals surface area contributed by atoms with Gasteiger partial charge in [0.05, 0.1) is 29.9 Å². The van der Waals surface area contributed by atoms with Gasteiger partial charge in [-0.1, -0.05) is 41.9 Å². The van der Waals surface area contributed by atoms with E-state index >= 15 is 0 Å². The molecule has 0 aliphatic heterocycles. The summed E-state index contributed by atoms with van der Waals surface area (Å²) in [5.74, 6) is -0.327. The zero-order chi connectivity index (χ0) is 19.1. The van der Waals surface area contributed by atoms with Crippen LogP contribution in [0.3, 0.4) is 0 Å². The number of methoxy groups -OCH3 is 1. The Bertz CT molecular complexity index is 781. The van der Waals surface area contributed by atoms with Crippen molar-refractivity contribution in [2.45, 2.75) is 13.5 Å². The van der Waals surface area contributed by atoms with Crippen molar-refractivity contribution >= 4 is 29.1 Å². The lowest BCUT2D eigenvalue weighted by Gasteiger charge is -2.21. The van der Waals surface area contributed by atoms with Gasteiger partial charge >= 0.3 is 0 Å². The number of nitrogens with zero attached hydrogens (tertiary/aromatic N) is 1. The summed E-state index contributed by atoms with van der Waals surface area (Å²) in [5.41, 5.74) is 7.29. The van der Waals surface area contributed by atoms with Crippen LogP contribution >= 0.6 is 11.6 Å². The normalized spacial score (nSPS) is 10.3. The van der Waals surface area contributed by atoms with E-state index in [-0.39, 0.29) is 23.0 Å². The van der Waals surface area contributed by atoms with Gasteiger partial charge < -0.3 is 20.7 Å². The molecule has 2 aromatic carbocycles. The quantitative estimate of drug-likeness (QED) is 0.729. The monoisotopic (exact) mass is 375 g/mol. The molecule has 6 nitrogen and oxygen atoms in total. The number of likely N-dealkylation sites (N-methyl/N-ethyl adjacent to an activating group) is 1. The predicted molar refractivity (Wildman–Crippen MR) is 102 cm³/mol. The highest BCUT2D eigenvalue weighted by atomic mass is 35.5. The van der Waals surface area contributed by atoms with Crippen molar-refractivity contribution in [2.24, 2.45) is 0 Å². The van der Waals surface area contributed by atoms with Crippen LogP contribution < -0.4 is 15.8 Å². The Morgan fingerprint density at radius 3 is 2.54 bits per heavy atom. The van der Waals surface area contributed by atoms with E-state index in [1.54, 1.807) is 4.90 Å². The van der Waals surface area contributed by atoms with Crippen LogP contribution in [0.5, 0.6) is 5.75 Å². The van der Waals surface area contributed by atoms with E-state index in [9.17, 15) is 9.59 Å². The van der Waals surface area contributed by atoms with Crippen molar-refractivity contribution in [3.05, 3.63) is 58.6 Å². The average molecular weight is 376 g/mol. The van der Waals surface area contributed by atoms with Crippen LogP contribution in [0.4, 0.5) is 5.69 Å². The predicted octanol–water partition coefficient (Wildman–Crippen LogP) is 2.71. The van der Waals surface area contributed by atoms with Crippen LogP contribution in [0.15, 0.2) is 42.5 Å². The molecule has 26 heavy (non-hydrogen) atoms. The van der Waals surface area contributed by atoms with Crippen LogP contribution in [0.25, 0.3) is 0 Å². The zero-order valence-corrected chi connectivity index (χ0v) is 15.5. The summed E-state index contributed by atoms with van der Waals surface area (Å²) in [6.45, 7) is 2.81.